The highest BCUT2D eigenvalue weighted by atomic mass is 16.5. The number of aromatic nitrogens is 2. The molecule has 0 amide bonds. The fraction of sp³-hybridized carbons (Fsp3) is 0.176. The Bertz CT molecular complexity index is 836. The zero-order valence-corrected chi connectivity index (χ0v) is 12.0. The minimum atomic E-state index is -0.00563. The van der Waals surface area contributed by atoms with Crippen LogP contribution in [0.25, 0.3) is 22.3 Å². The first-order valence-corrected chi connectivity index (χ1v) is 6.88. The molecule has 3 aromatic rings. The van der Waals surface area contributed by atoms with Crippen molar-refractivity contribution in [1.82, 2.24) is 9.55 Å². The molecule has 0 radical (unpaired) electrons. The number of nitrogens with zero attached hydrogens (tertiary/aromatic N) is 2. The Balaban J connectivity index is 2.27. The summed E-state index contributed by atoms with van der Waals surface area (Å²) in [7, 11) is 1.63. The van der Waals surface area contributed by atoms with Gasteiger partial charge in [0.25, 0.3) is 5.56 Å². The molecule has 3 rings (SSSR count). The van der Waals surface area contributed by atoms with Crippen molar-refractivity contribution in [2.45, 2.75) is 13.5 Å². The standard InChI is InChI=1S/C17H16N2O2/c1-3-19-16(12-8-10-13(21-2)11-9-12)18-15-7-5-4-6-14(15)17(19)20/h4-11H,3H2,1-2H3. The summed E-state index contributed by atoms with van der Waals surface area (Å²) in [5, 5.41) is 0.650. The molecule has 106 valence electrons. The quantitative estimate of drug-likeness (QED) is 0.740. The van der Waals surface area contributed by atoms with Gasteiger partial charge in [-0.3, -0.25) is 9.36 Å². The third-order valence-corrected chi connectivity index (χ3v) is 3.53. The number of methoxy groups -OCH3 is 1. The molecule has 21 heavy (non-hydrogen) atoms. The molecular weight excluding hydrogens is 264 g/mol. The van der Waals surface area contributed by atoms with E-state index in [0.29, 0.717) is 17.8 Å². The van der Waals surface area contributed by atoms with Gasteiger partial charge in [0.05, 0.1) is 18.0 Å². The van der Waals surface area contributed by atoms with Crippen molar-refractivity contribution in [2.24, 2.45) is 0 Å². The molecule has 0 saturated carbocycles. The molecule has 0 spiro atoms. The first-order valence-electron chi connectivity index (χ1n) is 6.88. The van der Waals surface area contributed by atoms with Gasteiger partial charge in [-0.05, 0) is 43.3 Å². The van der Waals surface area contributed by atoms with Crippen LogP contribution in [0.15, 0.2) is 53.3 Å². The van der Waals surface area contributed by atoms with Gasteiger partial charge in [-0.25, -0.2) is 4.98 Å². The van der Waals surface area contributed by atoms with Crippen LogP contribution < -0.4 is 10.3 Å². The Hall–Kier alpha value is -2.62. The molecule has 1 aromatic heterocycles. The van der Waals surface area contributed by atoms with Crippen LogP contribution in [0.3, 0.4) is 0 Å². The Morgan fingerprint density at radius 1 is 1.10 bits per heavy atom. The van der Waals surface area contributed by atoms with Crippen molar-refractivity contribution in [3.63, 3.8) is 0 Å². The van der Waals surface area contributed by atoms with Crippen molar-refractivity contribution in [3.8, 4) is 17.1 Å². The van der Waals surface area contributed by atoms with E-state index < -0.39 is 0 Å². The van der Waals surface area contributed by atoms with Crippen molar-refractivity contribution >= 4 is 10.9 Å². The fourth-order valence-electron chi connectivity index (χ4n) is 2.42. The van der Waals surface area contributed by atoms with Crippen LogP contribution in [0.2, 0.25) is 0 Å². The molecule has 4 nitrogen and oxygen atoms in total. The van der Waals surface area contributed by atoms with Crippen LogP contribution in [0.1, 0.15) is 6.92 Å². The maximum atomic E-state index is 12.6. The molecule has 0 unspecified atom stereocenters. The topological polar surface area (TPSA) is 44.1 Å². The van der Waals surface area contributed by atoms with Crippen LogP contribution in [0.5, 0.6) is 5.75 Å². The molecule has 0 aliphatic heterocycles. The first kappa shape index (κ1) is 13.4. The predicted molar refractivity (Wildman–Crippen MR) is 83.7 cm³/mol. The van der Waals surface area contributed by atoms with Crippen LogP contribution >= 0.6 is 0 Å². The number of fused-ring (bicyclic) bond motifs is 1. The van der Waals surface area contributed by atoms with Gasteiger partial charge in [-0.15, -0.1) is 0 Å². The molecule has 0 fully saturated rings. The number of hydrogen-bond acceptors (Lipinski definition) is 3. The molecule has 4 heteroatoms. The Morgan fingerprint density at radius 3 is 2.48 bits per heavy atom. The number of rotatable bonds is 3. The third-order valence-electron chi connectivity index (χ3n) is 3.53. The Morgan fingerprint density at radius 2 is 1.81 bits per heavy atom. The lowest BCUT2D eigenvalue weighted by molar-refractivity contribution is 0.415. The van der Waals surface area contributed by atoms with Gasteiger partial charge < -0.3 is 4.74 Å². The smallest absolute Gasteiger partial charge is 0.261 e. The van der Waals surface area contributed by atoms with Crippen LogP contribution in [-0.2, 0) is 6.54 Å². The maximum Gasteiger partial charge on any atom is 0.261 e. The van der Waals surface area contributed by atoms with Gasteiger partial charge in [0.1, 0.15) is 11.6 Å². The molecule has 0 bridgehead atoms. The predicted octanol–water partition coefficient (Wildman–Crippen LogP) is 3.09. The number of para-hydroxylation sites is 1. The minimum Gasteiger partial charge on any atom is -0.497 e. The van der Waals surface area contributed by atoms with Crippen LogP contribution in [0.4, 0.5) is 0 Å². The second-order valence-corrected chi connectivity index (χ2v) is 4.73. The van der Waals surface area contributed by atoms with E-state index in [-0.39, 0.29) is 5.56 Å². The van der Waals surface area contributed by atoms with Crippen LogP contribution in [-0.4, -0.2) is 16.7 Å². The summed E-state index contributed by atoms with van der Waals surface area (Å²) in [6.45, 7) is 2.53. The maximum absolute atomic E-state index is 12.6. The van der Waals surface area contributed by atoms with E-state index >= 15 is 0 Å². The zero-order valence-electron chi connectivity index (χ0n) is 12.0. The van der Waals surface area contributed by atoms with Gasteiger partial charge in [0, 0.05) is 12.1 Å². The average molecular weight is 280 g/mol. The molecule has 1 heterocycles. The van der Waals surface area contributed by atoms with E-state index in [0.717, 1.165) is 16.8 Å². The monoisotopic (exact) mass is 280 g/mol. The van der Waals surface area contributed by atoms with Gasteiger partial charge in [-0.2, -0.15) is 0 Å². The highest BCUT2D eigenvalue weighted by Gasteiger charge is 2.11. The lowest BCUT2D eigenvalue weighted by atomic mass is 10.1. The van der Waals surface area contributed by atoms with Crippen molar-refractivity contribution < 1.29 is 4.74 Å². The number of hydrogen-bond donors (Lipinski definition) is 0. The molecule has 0 aliphatic rings. The van der Waals surface area contributed by atoms with Crippen molar-refractivity contribution in [1.29, 1.82) is 0 Å². The second kappa shape index (κ2) is 5.40. The van der Waals surface area contributed by atoms with Gasteiger partial charge in [-0.1, -0.05) is 12.1 Å². The summed E-state index contributed by atoms with van der Waals surface area (Å²) in [4.78, 5) is 17.2. The van der Waals surface area contributed by atoms with Crippen molar-refractivity contribution in [2.75, 3.05) is 7.11 Å². The summed E-state index contributed by atoms with van der Waals surface area (Å²) in [6, 6.07) is 15.0. The zero-order chi connectivity index (χ0) is 14.8. The lowest BCUT2D eigenvalue weighted by Gasteiger charge is -2.12. The summed E-state index contributed by atoms with van der Waals surface area (Å²) in [6.07, 6.45) is 0. The summed E-state index contributed by atoms with van der Waals surface area (Å²) in [5.74, 6) is 1.47. The Kier molecular flexibility index (Phi) is 3.44. The SMILES string of the molecule is CCn1c(-c2ccc(OC)cc2)nc2ccccc2c1=O. The summed E-state index contributed by atoms with van der Waals surface area (Å²) < 4.78 is 6.87. The van der Waals surface area contributed by atoms with Gasteiger partial charge in [0.2, 0.25) is 0 Å². The largest absolute Gasteiger partial charge is 0.497 e. The highest BCUT2D eigenvalue weighted by Crippen LogP contribution is 2.21. The summed E-state index contributed by atoms with van der Waals surface area (Å²) in [5.41, 5.74) is 1.62. The molecule has 0 N–H and O–H groups in total. The van der Waals surface area contributed by atoms with E-state index in [1.54, 1.807) is 11.7 Å². The molecule has 0 aliphatic carbocycles. The first-order chi connectivity index (χ1) is 10.2. The van der Waals surface area contributed by atoms with E-state index in [1.807, 2.05) is 55.5 Å². The highest BCUT2D eigenvalue weighted by molar-refractivity contribution is 5.79. The van der Waals surface area contributed by atoms with Crippen LogP contribution in [0, 0.1) is 0 Å². The van der Waals surface area contributed by atoms with E-state index in [9.17, 15) is 4.79 Å². The fourth-order valence-corrected chi connectivity index (χ4v) is 2.42. The van der Waals surface area contributed by atoms with E-state index in [1.165, 1.54) is 0 Å². The van der Waals surface area contributed by atoms with Crippen molar-refractivity contribution in [3.05, 3.63) is 58.9 Å². The van der Waals surface area contributed by atoms with Gasteiger partial charge in [0.15, 0.2) is 0 Å². The van der Waals surface area contributed by atoms with E-state index in [4.69, 9.17) is 4.74 Å². The molecular formula is C17H16N2O2. The van der Waals surface area contributed by atoms with Gasteiger partial charge >= 0.3 is 0 Å². The average Bonchev–Trinajstić information content (AvgIpc) is 2.55. The van der Waals surface area contributed by atoms with E-state index in [2.05, 4.69) is 4.98 Å². The molecule has 0 saturated heterocycles. The number of benzene rings is 2. The molecule has 2 aromatic carbocycles. The normalized spacial score (nSPS) is 10.8. The lowest BCUT2D eigenvalue weighted by Crippen LogP contribution is -2.22. The summed E-state index contributed by atoms with van der Waals surface area (Å²) >= 11 is 0. The third kappa shape index (κ3) is 2.29. The number of ether oxygens (including phenoxy) is 1. The molecule has 0 atom stereocenters. The Labute approximate surface area is 122 Å². The minimum absolute atomic E-state index is 0.00563. The second-order valence-electron chi connectivity index (χ2n) is 4.73.